The molecule has 90 valence electrons. The van der Waals surface area contributed by atoms with Crippen LogP contribution in [0.15, 0.2) is 12.1 Å². The van der Waals surface area contributed by atoms with Gasteiger partial charge in [0.25, 0.3) is 5.91 Å². The Morgan fingerprint density at radius 3 is 2.53 bits per heavy atom. The first-order valence-corrected chi connectivity index (χ1v) is 5.71. The van der Waals surface area contributed by atoms with E-state index in [-0.39, 0.29) is 11.8 Å². The van der Waals surface area contributed by atoms with Crippen molar-refractivity contribution < 1.29 is 9.59 Å². The van der Waals surface area contributed by atoms with Gasteiger partial charge in [0.05, 0.1) is 10.7 Å². The van der Waals surface area contributed by atoms with E-state index >= 15 is 0 Å². The highest BCUT2D eigenvalue weighted by Gasteiger charge is 2.38. The largest absolute Gasteiger partial charge is 0.341 e. The van der Waals surface area contributed by atoms with Crippen LogP contribution in [0.1, 0.15) is 18.5 Å². The lowest BCUT2D eigenvalue weighted by Gasteiger charge is -2.11. The number of hydrogen-bond acceptors (Lipinski definition) is 2. The number of hydrogen-bond donors (Lipinski definition) is 1. The van der Waals surface area contributed by atoms with Crippen LogP contribution < -0.4 is 10.2 Å². The molecule has 0 saturated carbocycles. The fourth-order valence-corrected chi connectivity index (χ4v) is 2.49. The molecule has 0 saturated heterocycles. The van der Waals surface area contributed by atoms with Gasteiger partial charge in [-0.1, -0.05) is 23.2 Å². The standard InChI is InChI=1S/C11H10Cl2N2O2/c1-5(16)14-9-8-6(12)3-4-7(13)10(8)15(2)11(9)17/h3-4,9H,1-2H3,(H,14,16). The smallest absolute Gasteiger partial charge is 0.254 e. The molecule has 4 nitrogen and oxygen atoms in total. The molecule has 0 radical (unpaired) electrons. The van der Waals surface area contributed by atoms with Crippen molar-refractivity contribution >= 4 is 40.7 Å². The van der Waals surface area contributed by atoms with Crippen LogP contribution in [0, 0.1) is 0 Å². The minimum atomic E-state index is -0.751. The Morgan fingerprint density at radius 2 is 1.94 bits per heavy atom. The van der Waals surface area contributed by atoms with Crippen molar-refractivity contribution in [3.05, 3.63) is 27.7 Å². The minimum Gasteiger partial charge on any atom is -0.341 e. The summed E-state index contributed by atoms with van der Waals surface area (Å²) in [4.78, 5) is 24.5. The van der Waals surface area contributed by atoms with E-state index in [9.17, 15) is 9.59 Å². The molecule has 0 aliphatic carbocycles. The number of fused-ring (bicyclic) bond motifs is 1. The van der Waals surface area contributed by atoms with Crippen LogP contribution in [-0.4, -0.2) is 18.9 Å². The second kappa shape index (κ2) is 4.20. The van der Waals surface area contributed by atoms with Gasteiger partial charge in [0.15, 0.2) is 0 Å². The molecule has 1 aromatic carbocycles. The maximum absolute atomic E-state index is 12.0. The molecule has 17 heavy (non-hydrogen) atoms. The first-order valence-electron chi connectivity index (χ1n) is 4.96. The molecule has 1 aliphatic rings. The number of likely N-dealkylation sites (N-methyl/N-ethyl adjacent to an activating group) is 1. The topological polar surface area (TPSA) is 49.4 Å². The van der Waals surface area contributed by atoms with Crippen LogP contribution in [0.2, 0.25) is 10.0 Å². The van der Waals surface area contributed by atoms with Crippen LogP contribution in [0.4, 0.5) is 5.69 Å². The van der Waals surface area contributed by atoms with Crippen molar-refractivity contribution in [2.24, 2.45) is 0 Å². The van der Waals surface area contributed by atoms with Crippen molar-refractivity contribution in [1.82, 2.24) is 5.32 Å². The van der Waals surface area contributed by atoms with E-state index in [1.54, 1.807) is 19.2 Å². The highest BCUT2D eigenvalue weighted by atomic mass is 35.5. The molecule has 6 heteroatoms. The summed E-state index contributed by atoms with van der Waals surface area (Å²) >= 11 is 12.1. The third-order valence-electron chi connectivity index (χ3n) is 2.66. The molecule has 0 fully saturated rings. The maximum atomic E-state index is 12.0. The Bertz CT molecular complexity index is 516. The minimum absolute atomic E-state index is 0.245. The summed E-state index contributed by atoms with van der Waals surface area (Å²) in [5.41, 5.74) is 1.12. The summed E-state index contributed by atoms with van der Waals surface area (Å²) in [6.45, 7) is 1.35. The van der Waals surface area contributed by atoms with Gasteiger partial charge in [0.1, 0.15) is 6.04 Å². The second-order valence-electron chi connectivity index (χ2n) is 3.82. The molecule has 1 aliphatic heterocycles. The molecule has 2 amide bonds. The summed E-state index contributed by atoms with van der Waals surface area (Å²) in [6, 6.07) is 2.49. The Labute approximate surface area is 108 Å². The van der Waals surface area contributed by atoms with Crippen molar-refractivity contribution in [1.29, 1.82) is 0 Å². The highest BCUT2D eigenvalue weighted by Crippen LogP contribution is 2.43. The van der Waals surface area contributed by atoms with Gasteiger partial charge in [-0.15, -0.1) is 0 Å². The quantitative estimate of drug-likeness (QED) is 0.852. The van der Waals surface area contributed by atoms with E-state index < -0.39 is 6.04 Å². The van der Waals surface area contributed by atoms with E-state index in [4.69, 9.17) is 23.2 Å². The van der Waals surface area contributed by atoms with E-state index in [0.717, 1.165) is 0 Å². The lowest BCUT2D eigenvalue weighted by atomic mass is 10.1. The number of rotatable bonds is 1. The molecular weight excluding hydrogens is 263 g/mol. The Hall–Kier alpha value is -1.26. The summed E-state index contributed by atoms with van der Waals surface area (Å²) in [5.74, 6) is -0.536. The van der Waals surface area contributed by atoms with Crippen molar-refractivity contribution in [2.45, 2.75) is 13.0 Å². The van der Waals surface area contributed by atoms with Crippen molar-refractivity contribution in [3.63, 3.8) is 0 Å². The SMILES string of the molecule is CC(=O)NC1C(=O)N(C)c2c(Cl)ccc(Cl)c21. The van der Waals surface area contributed by atoms with Gasteiger partial charge in [-0.05, 0) is 12.1 Å². The zero-order valence-electron chi connectivity index (χ0n) is 9.25. The number of nitrogens with zero attached hydrogens (tertiary/aromatic N) is 1. The molecule has 0 spiro atoms. The number of amides is 2. The molecule has 1 aromatic rings. The molecular formula is C11H10Cl2N2O2. The summed E-state index contributed by atoms with van der Waals surface area (Å²) < 4.78 is 0. The van der Waals surface area contributed by atoms with E-state index in [1.165, 1.54) is 11.8 Å². The van der Waals surface area contributed by atoms with Crippen molar-refractivity contribution in [2.75, 3.05) is 11.9 Å². The molecule has 1 unspecified atom stereocenters. The van der Waals surface area contributed by atoms with Crippen LogP contribution in [-0.2, 0) is 9.59 Å². The van der Waals surface area contributed by atoms with Gasteiger partial charge in [0.2, 0.25) is 5.91 Å². The summed E-state index contributed by atoms with van der Waals surface area (Å²) in [5, 5.41) is 3.43. The number of nitrogens with one attached hydrogen (secondary N) is 1. The van der Waals surface area contributed by atoms with Gasteiger partial charge in [0, 0.05) is 24.6 Å². The Kier molecular flexibility index (Phi) is 3.02. The highest BCUT2D eigenvalue weighted by molar-refractivity contribution is 6.38. The van der Waals surface area contributed by atoms with Gasteiger partial charge >= 0.3 is 0 Å². The van der Waals surface area contributed by atoms with Crippen LogP contribution in [0.3, 0.4) is 0 Å². The average molecular weight is 273 g/mol. The normalized spacial score (nSPS) is 18.2. The first-order chi connectivity index (χ1) is 7.93. The maximum Gasteiger partial charge on any atom is 0.254 e. The Morgan fingerprint density at radius 1 is 1.35 bits per heavy atom. The molecule has 1 heterocycles. The fourth-order valence-electron chi connectivity index (χ4n) is 1.94. The van der Waals surface area contributed by atoms with Crippen LogP contribution >= 0.6 is 23.2 Å². The Balaban J connectivity index is 2.59. The predicted octanol–water partition coefficient (Wildman–Crippen LogP) is 2.15. The van der Waals surface area contributed by atoms with E-state index in [0.29, 0.717) is 21.3 Å². The van der Waals surface area contributed by atoms with E-state index in [2.05, 4.69) is 5.32 Å². The van der Waals surface area contributed by atoms with Gasteiger partial charge in [-0.2, -0.15) is 0 Å². The number of anilines is 1. The summed E-state index contributed by atoms with van der Waals surface area (Å²) in [7, 11) is 1.60. The number of carbonyl (C=O) groups excluding carboxylic acids is 2. The van der Waals surface area contributed by atoms with Crippen molar-refractivity contribution in [3.8, 4) is 0 Å². The van der Waals surface area contributed by atoms with Crippen LogP contribution in [0.25, 0.3) is 0 Å². The molecule has 2 rings (SSSR count). The average Bonchev–Trinajstić information content (AvgIpc) is 2.49. The lowest BCUT2D eigenvalue weighted by Crippen LogP contribution is -2.34. The monoisotopic (exact) mass is 272 g/mol. The van der Waals surface area contributed by atoms with Gasteiger partial charge in [-0.25, -0.2) is 0 Å². The number of halogens is 2. The van der Waals surface area contributed by atoms with Gasteiger partial charge in [-0.3, -0.25) is 9.59 Å². The molecule has 0 aromatic heterocycles. The summed E-state index contributed by atoms with van der Waals surface area (Å²) in [6.07, 6.45) is 0. The fraction of sp³-hybridized carbons (Fsp3) is 0.273. The second-order valence-corrected chi connectivity index (χ2v) is 4.64. The third-order valence-corrected chi connectivity index (χ3v) is 3.30. The van der Waals surface area contributed by atoms with Gasteiger partial charge < -0.3 is 10.2 Å². The number of carbonyl (C=O) groups is 2. The molecule has 1 atom stereocenters. The third kappa shape index (κ3) is 1.87. The molecule has 0 bridgehead atoms. The number of benzene rings is 1. The predicted molar refractivity (Wildman–Crippen MR) is 66.4 cm³/mol. The molecule has 1 N–H and O–H groups in total. The van der Waals surface area contributed by atoms with E-state index in [1.807, 2.05) is 0 Å². The lowest BCUT2D eigenvalue weighted by molar-refractivity contribution is -0.125. The first kappa shape index (κ1) is 12.2. The van der Waals surface area contributed by atoms with Crippen LogP contribution in [0.5, 0.6) is 0 Å². The zero-order valence-corrected chi connectivity index (χ0v) is 10.8. The zero-order chi connectivity index (χ0) is 12.7.